The number of hydrogen-bond acceptors (Lipinski definition) is 6. The largest absolute Gasteiger partial charge is 0.394 e. The van der Waals surface area contributed by atoms with E-state index in [-0.39, 0.29) is 18.6 Å². The van der Waals surface area contributed by atoms with E-state index < -0.39 is 0 Å². The smallest absolute Gasteiger partial charge is 0.251 e. The Morgan fingerprint density at radius 2 is 1.87 bits per heavy atom. The Bertz CT molecular complexity index is 798. The lowest BCUT2D eigenvalue weighted by atomic mass is 10.1. The number of carbonyl (C=O) groups excluding carboxylic acids is 1. The lowest BCUT2D eigenvalue weighted by Gasteiger charge is -2.25. The molecule has 0 aliphatic heterocycles. The lowest BCUT2D eigenvalue weighted by Crippen LogP contribution is -2.39. The highest BCUT2D eigenvalue weighted by atomic mass is 16.3. The molecule has 1 amide bonds. The molecule has 1 aromatic heterocycles. The summed E-state index contributed by atoms with van der Waals surface area (Å²) in [5, 5.41) is 16.1. The van der Waals surface area contributed by atoms with Crippen molar-refractivity contribution in [2.24, 2.45) is 0 Å². The molecule has 3 N–H and O–H groups in total. The Morgan fingerprint density at radius 3 is 2.48 bits per heavy atom. The average molecular weight is 428 g/mol. The van der Waals surface area contributed by atoms with Gasteiger partial charge in [0.15, 0.2) is 0 Å². The molecular formula is C24H37N5O2. The van der Waals surface area contributed by atoms with Crippen LogP contribution in [0.25, 0.3) is 0 Å². The highest BCUT2D eigenvalue weighted by molar-refractivity contribution is 5.96. The molecule has 0 aliphatic rings. The van der Waals surface area contributed by atoms with Crippen LogP contribution in [0.5, 0.6) is 0 Å². The van der Waals surface area contributed by atoms with Crippen molar-refractivity contribution in [2.75, 3.05) is 57.1 Å². The van der Waals surface area contributed by atoms with E-state index >= 15 is 0 Å². The summed E-state index contributed by atoms with van der Waals surface area (Å²) in [6, 6.07) is 13.1. The standard InChI is InChI=1S/C24H37N5O2/c1-5-12-25-22-16-20(17-23(27-22)29(6-2)14-13-28(3)4)24(31)26-21(18-30)15-19-10-8-7-9-11-19/h7-11,16-17,21,30H,5-6,12-15,18H2,1-4H3,(H,25,27)(H,26,31)/t21-/m0/s1. The first-order valence-corrected chi connectivity index (χ1v) is 11.1. The molecule has 0 unspecified atom stereocenters. The van der Waals surface area contributed by atoms with E-state index in [4.69, 9.17) is 4.98 Å². The number of nitrogens with one attached hydrogen (secondary N) is 2. The van der Waals surface area contributed by atoms with Crippen molar-refractivity contribution in [3.63, 3.8) is 0 Å². The molecule has 0 bridgehead atoms. The first-order chi connectivity index (χ1) is 15.0. The summed E-state index contributed by atoms with van der Waals surface area (Å²) >= 11 is 0. The second kappa shape index (κ2) is 12.9. The number of rotatable bonds is 13. The molecule has 0 fully saturated rings. The molecule has 7 heteroatoms. The summed E-state index contributed by atoms with van der Waals surface area (Å²) in [7, 11) is 4.09. The molecule has 1 heterocycles. The molecule has 2 rings (SSSR count). The zero-order valence-electron chi connectivity index (χ0n) is 19.3. The fourth-order valence-corrected chi connectivity index (χ4v) is 3.24. The van der Waals surface area contributed by atoms with E-state index in [1.165, 1.54) is 0 Å². The predicted octanol–water partition coefficient (Wildman–Crippen LogP) is 2.62. The molecule has 0 aliphatic carbocycles. The zero-order chi connectivity index (χ0) is 22.6. The quantitative estimate of drug-likeness (QED) is 0.456. The van der Waals surface area contributed by atoms with Gasteiger partial charge in [-0.15, -0.1) is 0 Å². The fraction of sp³-hybridized carbons (Fsp3) is 0.500. The van der Waals surface area contributed by atoms with Gasteiger partial charge in [-0.05, 0) is 51.6 Å². The number of carbonyl (C=O) groups is 1. The van der Waals surface area contributed by atoms with Gasteiger partial charge in [0.05, 0.1) is 12.6 Å². The third-order valence-corrected chi connectivity index (χ3v) is 5.03. The molecule has 0 saturated carbocycles. The number of aliphatic hydroxyl groups is 1. The van der Waals surface area contributed by atoms with Crippen molar-refractivity contribution in [1.29, 1.82) is 0 Å². The van der Waals surface area contributed by atoms with E-state index in [0.29, 0.717) is 17.8 Å². The highest BCUT2D eigenvalue weighted by Gasteiger charge is 2.17. The predicted molar refractivity (Wildman–Crippen MR) is 128 cm³/mol. The van der Waals surface area contributed by atoms with Crippen LogP contribution in [-0.2, 0) is 6.42 Å². The van der Waals surface area contributed by atoms with E-state index in [1.54, 1.807) is 6.07 Å². The first kappa shape index (κ1) is 24.6. The van der Waals surface area contributed by atoms with Crippen molar-refractivity contribution in [2.45, 2.75) is 32.7 Å². The van der Waals surface area contributed by atoms with Crippen LogP contribution in [0.2, 0.25) is 0 Å². The number of hydrogen-bond donors (Lipinski definition) is 3. The van der Waals surface area contributed by atoms with Crippen LogP contribution in [0, 0.1) is 0 Å². The Labute approximate surface area is 186 Å². The van der Waals surface area contributed by atoms with Crippen LogP contribution in [0.4, 0.5) is 11.6 Å². The van der Waals surface area contributed by atoms with Gasteiger partial charge in [-0.3, -0.25) is 4.79 Å². The first-order valence-electron chi connectivity index (χ1n) is 11.1. The summed E-state index contributed by atoms with van der Waals surface area (Å²) in [5.41, 5.74) is 1.61. The minimum Gasteiger partial charge on any atom is -0.394 e. The molecule has 2 aromatic rings. The van der Waals surface area contributed by atoms with Gasteiger partial charge in [-0.1, -0.05) is 37.3 Å². The maximum atomic E-state index is 13.1. The monoisotopic (exact) mass is 427 g/mol. The molecular weight excluding hydrogens is 390 g/mol. The van der Waals surface area contributed by atoms with Gasteiger partial charge in [0.2, 0.25) is 0 Å². The molecule has 0 radical (unpaired) electrons. The summed E-state index contributed by atoms with van der Waals surface area (Å²) in [5.74, 6) is 1.26. The van der Waals surface area contributed by atoms with Crippen molar-refractivity contribution < 1.29 is 9.90 Å². The van der Waals surface area contributed by atoms with Gasteiger partial charge >= 0.3 is 0 Å². The topological polar surface area (TPSA) is 80.7 Å². The fourth-order valence-electron chi connectivity index (χ4n) is 3.24. The Balaban J connectivity index is 2.22. The number of likely N-dealkylation sites (N-methyl/N-ethyl adjacent to an activating group) is 2. The highest BCUT2D eigenvalue weighted by Crippen LogP contribution is 2.19. The lowest BCUT2D eigenvalue weighted by molar-refractivity contribution is 0.0916. The van der Waals surface area contributed by atoms with Gasteiger partial charge in [0.1, 0.15) is 11.6 Å². The summed E-state index contributed by atoms with van der Waals surface area (Å²) in [6.07, 6.45) is 1.54. The van der Waals surface area contributed by atoms with Crippen molar-refractivity contribution in [3.05, 3.63) is 53.6 Å². The molecule has 0 saturated heterocycles. The number of pyridine rings is 1. The average Bonchev–Trinajstić information content (AvgIpc) is 2.78. The molecule has 1 atom stereocenters. The van der Waals surface area contributed by atoms with Gasteiger partial charge < -0.3 is 25.5 Å². The number of benzene rings is 1. The third-order valence-electron chi connectivity index (χ3n) is 5.03. The second-order valence-electron chi connectivity index (χ2n) is 7.95. The Hall–Kier alpha value is -2.64. The normalized spacial score (nSPS) is 11.9. The van der Waals surface area contributed by atoms with Gasteiger partial charge in [0, 0.05) is 31.7 Å². The molecule has 7 nitrogen and oxygen atoms in total. The number of anilines is 2. The van der Waals surface area contributed by atoms with Crippen molar-refractivity contribution in [3.8, 4) is 0 Å². The molecule has 170 valence electrons. The summed E-state index contributed by atoms with van der Waals surface area (Å²) in [4.78, 5) is 22.1. The van der Waals surface area contributed by atoms with Crippen molar-refractivity contribution in [1.82, 2.24) is 15.2 Å². The Kier molecular flexibility index (Phi) is 10.3. The zero-order valence-corrected chi connectivity index (χ0v) is 19.3. The molecule has 0 spiro atoms. The van der Waals surface area contributed by atoms with E-state index in [9.17, 15) is 9.90 Å². The molecule has 1 aromatic carbocycles. The molecule has 31 heavy (non-hydrogen) atoms. The number of aliphatic hydroxyl groups excluding tert-OH is 1. The van der Waals surface area contributed by atoms with Gasteiger partial charge in [-0.2, -0.15) is 0 Å². The maximum Gasteiger partial charge on any atom is 0.251 e. The summed E-state index contributed by atoms with van der Waals surface area (Å²) < 4.78 is 0. The second-order valence-corrected chi connectivity index (χ2v) is 7.95. The van der Waals surface area contributed by atoms with E-state index in [2.05, 4.69) is 34.3 Å². The Morgan fingerprint density at radius 1 is 1.13 bits per heavy atom. The maximum absolute atomic E-state index is 13.1. The van der Waals surface area contributed by atoms with Crippen LogP contribution in [0.3, 0.4) is 0 Å². The minimum absolute atomic E-state index is 0.122. The van der Waals surface area contributed by atoms with Crippen LogP contribution in [-0.4, -0.2) is 73.8 Å². The van der Waals surface area contributed by atoms with Crippen LogP contribution < -0.4 is 15.5 Å². The van der Waals surface area contributed by atoms with Crippen LogP contribution >= 0.6 is 0 Å². The van der Waals surface area contributed by atoms with Gasteiger partial charge in [-0.25, -0.2) is 4.98 Å². The summed E-state index contributed by atoms with van der Waals surface area (Å²) in [6.45, 7) is 7.36. The number of nitrogens with zero attached hydrogens (tertiary/aromatic N) is 3. The van der Waals surface area contributed by atoms with E-state index in [0.717, 1.165) is 44.0 Å². The third kappa shape index (κ3) is 8.19. The van der Waals surface area contributed by atoms with Crippen LogP contribution in [0.15, 0.2) is 42.5 Å². The number of aromatic nitrogens is 1. The van der Waals surface area contributed by atoms with Gasteiger partial charge in [0.25, 0.3) is 5.91 Å². The SMILES string of the molecule is CCCNc1cc(C(=O)N[C@H](CO)Cc2ccccc2)cc(N(CC)CCN(C)C)n1. The minimum atomic E-state index is -0.352. The van der Waals surface area contributed by atoms with E-state index in [1.807, 2.05) is 50.5 Å². The van der Waals surface area contributed by atoms with Crippen LogP contribution in [0.1, 0.15) is 36.2 Å². The van der Waals surface area contributed by atoms with Crippen molar-refractivity contribution >= 4 is 17.5 Å². The number of amides is 1.